The molecule has 1 amide bonds. The van der Waals surface area contributed by atoms with E-state index in [9.17, 15) is 13.2 Å². The Labute approximate surface area is 168 Å². The lowest BCUT2D eigenvalue weighted by atomic mass is 10.0. The Morgan fingerprint density at radius 1 is 0.966 bits per heavy atom. The fraction of sp³-hybridized carbons (Fsp3) is 0.143. The maximum Gasteiger partial charge on any atom is 0.277 e. The second kappa shape index (κ2) is 6.13. The number of rotatable bonds is 2. The molecular formula is C21H18N4O3S. The van der Waals surface area contributed by atoms with Crippen LogP contribution < -0.4 is 0 Å². The zero-order chi connectivity index (χ0) is 20.3. The summed E-state index contributed by atoms with van der Waals surface area (Å²) in [7, 11) is -0.347. The highest BCUT2D eigenvalue weighted by atomic mass is 32.2. The van der Waals surface area contributed by atoms with Crippen LogP contribution in [0.3, 0.4) is 0 Å². The zero-order valence-electron chi connectivity index (χ0n) is 15.9. The molecule has 0 aliphatic carbocycles. The number of hydrogen-bond acceptors (Lipinski definition) is 5. The van der Waals surface area contributed by atoms with Gasteiger partial charge in [0.25, 0.3) is 15.9 Å². The van der Waals surface area contributed by atoms with E-state index in [0.29, 0.717) is 11.1 Å². The number of amidine groups is 1. The van der Waals surface area contributed by atoms with E-state index < -0.39 is 16.3 Å². The molecule has 0 fully saturated rings. The molecule has 0 saturated heterocycles. The fourth-order valence-corrected chi connectivity index (χ4v) is 5.70. The van der Waals surface area contributed by atoms with Gasteiger partial charge < -0.3 is 0 Å². The summed E-state index contributed by atoms with van der Waals surface area (Å²) in [4.78, 5) is 15.4. The number of nitrogens with zero attached hydrogens (tertiary/aromatic N) is 4. The van der Waals surface area contributed by atoms with E-state index in [4.69, 9.17) is 0 Å². The first kappa shape index (κ1) is 17.8. The highest BCUT2D eigenvalue weighted by molar-refractivity contribution is 7.90. The number of sulfonamides is 1. The van der Waals surface area contributed by atoms with Crippen molar-refractivity contribution in [1.82, 2.24) is 14.2 Å². The van der Waals surface area contributed by atoms with Gasteiger partial charge in [0.1, 0.15) is 0 Å². The van der Waals surface area contributed by atoms with Crippen LogP contribution in [0.4, 0.5) is 0 Å². The van der Waals surface area contributed by atoms with Crippen molar-refractivity contribution in [1.29, 1.82) is 0 Å². The van der Waals surface area contributed by atoms with Crippen molar-refractivity contribution in [2.75, 3.05) is 14.1 Å². The summed E-state index contributed by atoms with van der Waals surface area (Å²) in [5.74, 6) is -0.0806. The van der Waals surface area contributed by atoms with Crippen LogP contribution in [-0.4, -0.2) is 54.8 Å². The van der Waals surface area contributed by atoms with E-state index in [0.717, 1.165) is 10.8 Å². The van der Waals surface area contributed by atoms with Gasteiger partial charge in [-0.1, -0.05) is 48.5 Å². The molecule has 5 rings (SSSR count). The Morgan fingerprint density at radius 3 is 2.45 bits per heavy atom. The average molecular weight is 406 g/mol. The number of benzene rings is 3. The van der Waals surface area contributed by atoms with Gasteiger partial charge in [-0.2, -0.15) is 5.01 Å². The Bertz CT molecular complexity index is 1290. The first-order valence-electron chi connectivity index (χ1n) is 9.11. The van der Waals surface area contributed by atoms with Crippen LogP contribution in [0.15, 0.2) is 76.7 Å². The quantitative estimate of drug-likeness (QED) is 0.656. The lowest BCUT2D eigenvalue weighted by molar-refractivity contribution is 0.0343. The van der Waals surface area contributed by atoms with Crippen molar-refractivity contribution >= 4 is 32.5 Å². The molecule has 0 aromatic heterocycles. The van der Waals surface area contributed by atoms with Crippen LogP contribution in [0, 0.1) is 0 Å². The molecule has 7 nitrogen and oxygen atoms in total. The monoisotopic (exact) mass is 406 g/mol. The summed E-state index contributed by atoms with van der Waals surface area (Å²) in [6, 6.07) is 19.8. The molecule has 0 spiro atoms. The fourth-order valence-electron chi connectivity index (χ4n) is 3.91. The predicted octanol–water partition coefficient (Wildman–Crippen LogP) is 2.51. The normalized spacial score (nSPS) is 19.4. The largest absolute Gasteiger partial charge is 0.277 e. The number of carbonyl (C=O) groups excluding carboxylic acids is 1. The Kier molecular flexibility index (Phi) is 3.77. The van der Waals surface area contributed by atoms with Crippen molar-refractivity contribution in [3.8, 4) is 0 Å². The number of carbonyl (C=O) groups is 1. The zero-order valence-corrected chi connectivity index (χ0v) is 16.7. The molecule has 0 saturated carbocycles. The van der Waals surface area contributed by atoms with Gasteiger partial charge in [-0.25, -0.2) is 12.7 Å². The number of hydrogen-bond donors (Lipinski definition) is 0. The third kappa shape index (κ3) is 2.43. The Balaban J connectivity index is 1.68. The van der Waals surface area contributed by atoms with E-state index in [2.05, 4.69) is 5.10 Å². The molecule has 2 aliphatic heterocycles. The first-order chi connectivity index (χ1) is 13.9. The standard InChI is InChI=1S/C21H18N4O3S/c1-23(2)21-24(20(26)16-12-7-9-14-8-3-4-10-15(14)16)22-19-17-11-5-6-13-18(17)29(27,28)25(19)21/h3-13,21H,1-2H3. The molecule has 1 atom stereocenters. The van der Waals surface area contributed by atoms with Gasteiger partial charge in [0.05, 0.1) is 4.90 Å². The van der Waals surface area contributed by atoms with Crippen LogP contribution in [-0.2, 0) is 10.0 Å². The summed E-state index contributed by atoms with van der Waals surface area (Å²) in [6.45, 7) is 0. The summed E-state index contributed by atoms with van der Waals surface area (Å²) in [5.41, 5.74) is 0.985. The maximum atomic E-state index is 13.5. The lowest BCUT2D eigenvalue weighted by Crippen LogP contribution is -2.53. The Hall–Kier alpha value is -3.23. The van der Waals surface area contributed by atoms with E-state index >= 15 is 0 Å². The predicted molar refractivity (Wildman–Crippen MR) is 110 cm³/mol. The van der Waals surface area contributed by atoms with E-state index in [1.807, 2.05) is 36.4 Å². The third-order valence-electron chi connectivity index (χ3n) is 5.19. The molecule has 2 aliphatic rings. The van der Waals surface area contributed by atoms with Crippen molar-refractivity contribution in [3.63, 3.8) is 0 Å². The summed E-state index contributed by atoms with van der Waals surface area (Å²) in [5, 5.41) is 7.47. The molecule has 3 aromatic carbocycles. The maximum absolute atomic E-state index is 13.5. The van der Waals surface area contributed by atoms with Crippen molar-refractivity contribution in [2.24, 2.45) is 5.10 Å². The number of fused-ring (bicyclic) bond motifs is 4. The highest BCUT2D eigenvalue weighted by Crippen LogP contribution is 2.38. The number of hydrazone groups is 1. The minimum atomic E-state index is -3.80. The second-order valence-corrected chi connectivity index (χ2v) is 8.99. The van der Waals surface area contributed by atoms with Gasteiger partial charge in [0.15, 0.2) is 12.1 Å². The Morgan fingerprint density at radius 2 is 1.66 bits per heavy atom. The van der Waals surface area contributed by atoms with Gasteiger partial charge in [0.2, 0.25) is 0 Å². The van der Waals surface area contributed by atoms with Crippen LogP contribution in [0.2, 0.25) is 0 Å². The van der Waals surface area contributed by atoms with Crippen molar-refractivity contribution in [2.45, 2.75) is 11.2 Å². The summed E-state index contributed by atoms with van der Waals surface area (Å²) in [6.07, 6.45) is -0.881. The summed E-state index contributed by atoms with van der Waals surface area (Å²) < 4.78 is 27.6. The minimum absolute atomic E-state index is 0.211. The van der Waals surface area contributed by atoms with E-state index in [1.54, 1.807) is 49.3 Å². The molecule has 0 bridgehead atoms. The first-order valence-corrected chi connectivity index (χ1v) is 10.6. The van der Waals surface area contributed by atoms with E-state index in [1.165, 1.54) is 9.31 Å². The van der Waals surface area contributed by atoms with Crippen LogP contribution >= 0.6 is 0 Å². The summed E-state index contributed by atoms with van der Waals surface area (Å²) >= 11 is 0. The van der Waals surface area contributed by atoms with Gasteiger partial charge in [0, 0.05) is 11.1 Å². The van der Waals surface area contributed by atoms with Crippen molar-refractivity contribution < 1.29 is 13.2 Å². The topological polar surface area (TPSA) is 73.3 Å². The SMILES string of the molecule is CN(C)C1N(C(=O)c2cccc3ccccc23)N=C2c3ccccc3S(=O)(=O)N21. The van der Waals surface area contributed by atoms with E-state index in [-0.39, 0.29) is 16.6 Å². The molecule has 0 radical (unpaired) electrons. The van der Waals surface area contributed by atoms with Crippen LogP contribution in [0.1, 0.15) is 15.9 Å². The van der Waals surface area contributed by atoms with Crippen LogP contribution in [0.25, 0.3) is 10.8 Å². The van der Waals surface area contributed by atoms with Gasteiger partial charge in [-0.05, 0) is 43.1 Å². The smallest absolute Gasteiger partial charge is 0.270 e. The number of amides is 1. The molecule has 29 heavy (non-hydrogen) atoms. The van der Waals surface area contributed by atoms with Gasteiger partial charge in [-0.3, -0.25) is 9.69 Å². The van der Waals surface area contributed by atoms with Gasteiger partial charge >= 0.3 is 0 Å². The van der Waals surface area contributed by atoms with Gasteiger partial charge in [-0.15, -0.1) is 5.10 Å². The molecular weight excluding hydrogens is 388 g/mol. The molecule has 0 N–H and O–H groups in total. The average Bonchev–Trinajstić information content (AvgIpc) is 3.23. The van der Waals surface area contributed by atoms with Crippen molar-refractivity contribution in [3.05, 3.63) is 77.9 Å². The molecule has 146 valence electrons. The molecule has 2 heterocycles. The minimum Gasteiger partial charge on any atom is -0.270 e. The highest BCUT2D eigenvalue weighted by Gasteiger charge is 2.52. The third-order valence-corrected chi connectivity index (χ3v) is 6.99. The molecule has 1 unspecified atom stereocenters. The second-order valence-electron chi connectivity index (χ2n) is 7.21. The molecule has 3 aromatic rings. The van der Waals surface area contributed by atoms with Crippen LogP contribution in [0.5, 0.6) is 0 Å². The lowest BCUT2D eigenvalue weighted by Gasteiger charge is -2.32. The molecule has 8 heteroatoms.